The summed E-state index contributed by atoms with van der Waals surface area (Å²) in [5, 5.41) is 0. The highest BCUT2D eigenvalue weighted by atomic mass is 16.5. The maximum atomic E-state index is 13.1. The number of likely N-dealkylation sites (N-methyl/N-ethyl adjacent to an activating group) is 1. The zero-order valence-electron chi connectivity index (χ0n) is 17.3. The highest BCUT2D eigenvalue weighted by Gasteiger charge is 2.35. The number of ether oxygens (including phenoxy) is 2. The molecule has 1 aromatic heterocycles. The van der Waals surface area contributed by atoms with E-state index in [9.17, 15) is 4.79 Å². The number of aromatic nitrogens is 2. The molecule has 0 bridgehead atoms. The number of rotatable bonds is 5. The molecule has 7 nitrogen and oxygen atoms in total. The number of benzene rings is 1. The first-order chi connectivity index (χ1) is 14.0. The average Bonchev–Trinajstić information content (AvgIpc) is 3.22. The molecule has 0 radical (unpaired) electrons. The van der Waals surface area contributed by atoms with Crippen LogP contribution in [-0.4, -0.2) is 59.0 Å². The number of methoxy groups -OCH3 is 1. The first-order valence-corrected chi connectivity index (χ1v) is 10.2. The minimum atomic E-state index is -0.589. The van der Waals surface area contributed by atoms with Gasteiger partial charge in [0, 0.05) is 49.6 Å². The van der Waals surface area contributed by atoms with Gasteiger partial charge in [0.2, 0.25) is 0 Å². The van der Waals surface area contributed by atoms with Crippen molar-refractivity contribution in [3.8, 4) is 11.5 Å². The number of hydrogen-bond donors (Lipinski definition) is 0. The van der Waals surface area contributed by atoms with Crippen molar-refractivity contribution < 1.29 is 14.3 Å². The van der Waals surface area contributed by atoms with E-state index in [2.05, 4.69) is 16.9 Å². The molecule has 154 valence electrons. The Labute approximate surface area is 171 Å². The topological polar surface area (TPSA) is 67.8 Å². The Kier molecular flexibility index (Phi) is 5.67. The zero-order valence-corrected chi connectivity index (χ0v) is 17.3. The predicted octanol–water partition coefficient (Wildman–Crippen LogP) is 2.60. The molecule has 2 atom stereocenters. The highest BCUT2D eigenvalue weighted by Crippen LogP contribution is 2.32. The molecular weight excluding hydrogens is 368 g/mol. The van der Waals surface area contributed by atoms with Gasteiger partial charge in [-0.15, -0.1) is 0 Å². The van der Waals surface area contributed by atoms with Crippen LogP contribution in [0.4, 0.5) is 0 Å². The van der Waals surface area contributed by atoms with Gasteiger partial charge in [-0.2, -0.15) is 0 Å². The summed E-state index contributed by atoms with van der Waals surface area (Å²) < 4.78 is 11.1. The summed E-state index contributed by atoms with van der Waals surface area (Å²) >= 11 is 0. The second-order valence-electron chi connectivity index (χ2n) is 7.82. The van der Waals surface area contributed by atoms with Gasteiger partial charge in [-0.25, -0.2) is 9.97 Å². The van der Waals surface area contributed by atoms with E-state index in [-0.39, 0.29) is 11.9 Å². The number of nitrogens with zero attached hydrogens (tertiary/aromatic N) is 4. The van der Waals surface area contributed by atoms with Gasteiger partial charge in [0.1, 0.15) is 11.5 Å². The largest absolute Gasteiger partial charge is 0.497 e. The number of carbonyl (C=O) groups excluding carboxylic acids is 1. The molecule has 0 N–H and O–H groups in total. The van der Waals surface area contributed by atoms with Crippen LogP contribution in [0.15, 0.2) is 30.5 Å². The molecule has 29 heavy (non-hydrogen) atoms. The Morgan fingerprint density at radius 3 is 2.93 bits per heavy atom. The fraction of sp³-hybridized carbons (Fsp3) is 0.500. The van der Waals surface area contributed by atoms with Crippen LogP contribution in [0.3, 0.4) is 0 Å². The lowest BCUT2D eigenvalue weighted by Gasteiger charge is -2.28. The molecule has 0 aliphatic carbocycles. The Hall–Kier alpha value is -2.67. The molecule has 1 aromatic carbocycles. The SMILES string of the molecule is COc1cccc(O[C@H](C)C(=O)N2CCC[C@H]2c2ncc3c(n2)CCN(C)C3)c1. The summed E-state index contributed by atoms with van der Waals surface area (Å²) in [6.07, 6.45) is 4.11. The van der Waals surface area contributed by atoms with E-state index < -0.39 is 6.10 Å². The van der Waals surface area contributed by atoms with Gasteiger partial charge in [-0.05, 0) is 38.9 Å². The van der Waals surface area contributed by atoms with Crippen LogP contribution in [0.1, 0.15) is 42.9 Å². The van der Waals surface area contributed by atoms with Crippen LogP contribution >= 0.6 is 0 Å². The Morgan fingerprint density at radius 1 is 1.28 bits per heavy atom. The number of likely N-dealkylation sites (tertiary alicyclic amines) is 1. The van der Waals surface area contributed by atoms with E-state index in [4.69, 9.17) is 14.5 Å². The molecule has 3 heterocycles. The third-order valence-electron chi connectivity index (χ3n) is 5.68. The standard InChI is InChI=1S/C22H28N4O3/c1-15(29-18-7-4-6-17(12-18)28-3)22(27)26-10-5-8-20(26)21-23-13-16-14-25(2)11-9-19(16)24-21/h4,6-7,12-13,15,20H,5,8-11,14H2,1-3H3/t15-,20+/m1/s1. The van der Waals surface area contributed by atoms with Crippen molar-refractivity contribution in [2.45, 2.75) is 44.9 Å². The molecule has 0 unspecified atom stereocenters. The maximum Gasteiger partial charge on any atom is 0.263 e. The van der Waals surface area contributed by atoms with Crippen molar-refractivity contribution in [1.82, 2.24) is 19.8 Å². The van der Waals surface area contributed by atoms with Crippen molar-refractivity contribution in [3.05, 3.63) is 47.5 Å². The zero-order chi connectivity index (χ0) is 20.4. The Balaban J connectivity index is 1.48. The van der Waals surface area contributed by atoms with Gasteiger partial charge >= 0.3 is 0 Å². The van der Waals surface area contributed by atoms with Crippen molar-refractivity contribution in [2.24, 2.45) is 0 Å². The molecular formula is C22H28N4O3. The number of amides is 1. The van der Waals surface area contributed by atoms with Crippen LogP contribution in [0.25, 0.3) is 0 Å². The predicted molar refractivity (Wildman–Crippen MR) is 109 cm³/mol. The molecule has 0 saturated carbocycles. The molecule has 2 aliphatic heterocycles. The number of fused-ring (bicyclic) bond motifs is 1. The lowest BCUT2D eigenvalue weighted by molar-refractivity contribution is -0.139. The van der Waals surface area contributed by atoms with Gasteiger partial charge in [-0.3, -0.25) is 4.79 Å². The van der Waals surface area contributed by atoms with Crippen molar-refractivity contribution in [2.75, 3.05) is 27.2 Å². The molecule has 1 saturated heterocycles. The smallest absolute Gasteiger partial charge is 0.263 e. The van der Waals surface area contributed by atoms with E-state index in [1.807, 2.05) is 29.3 Å². The van der Waals surface area contributed by atoms with E-state index in [0.29, 0.717) is 18.0 Å². The van der Waals surface area contributed by atoms with Gasteiger partial charge in [0.15, 0.2) is 11.9 Å². The van der Waals surface area contributed by atoms with E-state index in [1.54, 1.807) is 20.1 Å². The fourth-order valence-corrected chi connectivity index (χ4v) is 4.09. The van der Waals surface area contributed by atoms with E-state index in [0.717, 1.165) is 43.9 Å². The van der Waals surface area contributed by atoms with Crippen molar-refractivity contribution >= 4 is 5.91 Å². The Bertz CT molecular complexity index is 888. The van der Waals surface area contributed by atoms with Gasteiger partial charge in [-0.1, -0.05) is 6.07 Å². The number of carbonyl (C=O) groups is 1. The first-order valence-electron chi connectivity index (χ1n) is 10.2. The maximum absolute atomic E-state index is 13.1. The minimum absolute atomic E-state index is 0.0311. The summed E-state index contributed by atoms with van der Waals surface area (Å²) in [6, 6.07) is 7.24. The third kappa shape index (κ3) is 4.19. The van der Waals surface area contributed by atoms with Crippen LogP contribution in [0, 0.1) is 0 Å². The molecule has 1 fully saturated rings. The van der Waals surface area contributed by atoms with Crippen LogP contribution in [0.2, 0.25) is 0 Å². The first kappa shape index (κ1) is 19.6. The monoisotopic (exact) mass is 396 g/mol. The summed E-state index contributed by atoms with van der Waals surface area (Å²) in [6.45, 7) is 4.38. The summed E-state index contributed by atoms with van der Waals surface area (Å²) in [5.41, 5.74) is 2.31. The minimum Gasteiger partial charge on any atom is -0.497 e. The van der Waals surface area contributed by atoms with Gasteiger partial charge < -0.3 is 19.3 Å². The van der Waals surface area contributed by atoms with E-state index >= 15 is 0 Å². The average molecular weight is 396 g/mol. The summed E-state index contributed by atoms with van der Waals surface area (Å²) in [7, 11) is 3.72. The van der Waals surface area contributed by atoms with Gasteiger partial charge in [0.25, 0.3) is 5.91 Å². The van der Waals surface area contributed by atoms with Crippen LogP contribution in [0.5, 0.6) is 11.5 Å². The van der Waals surface area contributed by atoms with Gasteiger partial charge in [0.05, 0.1) is 13.2 Å². The lowest BCUT2D eigenvalue weighted by Crippen LogP contribution is -2.40. The normalized spacial score (nSPS) is 20.2. The third-order valence-corrected chi connectivity index (χ3v) is 5.68. The van der Waals surface area contributed by atoms with Crippen LogP contribution < -0.4 is 9.47 Å². The van der Waals surface area contributed by atoms with Crippen molar-refractivity contribution in [3.63, 3.8) is 0 Å². The second-order valence-corrected chi connectivity index (χ2v) is 7.82. The summed E-state index contributed by atoms with van der Waals surface area (Å²) in [5.74, 6) is 2.05. The molecule has 7 heteroatoms. The quantitative estimate of drug-likeness (QED) is 0.774. The molecule has 2 aliphatic rings. The number of hydrogen-bond acceptors (Lipinski definition) is 6. The van der Waals surface area contributed by atoms with Crippen molar-refractivity contribution in [1.29, 1.82) is 0 Å². The van der Waals surface area contributed by atoms with E-state index in [1.165, 1.54) is 5.56 Å². The molecule has 1 amide bonds. The molecule has 0 spiro atoms. The second kappa shape index (κ2) is 8.37. The molecule has 4 rings (SSSR count). The lowest BCUT2D eigenvalue weighted by atomic mass is 10.1. The molecule has 2 aromatic rings. The highest BCUT2D eigenvalue weighted by molar-refractivity contribution is 5.81. The van der Waals surface area contributed by atoms with Crippen LogP contribution in [-0.2, 0) is 17.8 Å². The summed E-state index contributed by atoms with van der Waals surface area (Å²) in [4.78, 5) is 26.7. The fourth-order valence-electron chi connectivity index (χ4n) is 4.09. The Morgan fingerprint density at radius 2 is 2.10 bits per heavy atom.